The van der Waals surface area contributed by atoms with Crippen molar-refractivity contribution in [2.24, 2.45) is 0 Å². The normalized spacial score (nSPS) is 21.8. The molecule has 0 amide bonds. The zero-order valence-electron chi connectivity index (χ0n) is 15.2. The molecule has 2 aromatic rings. The lowest BCUT2D eigenvalue weighted by Gasteiger charge is -2.27. The van der Waals surface area contributed by atoms with Crippen molar-refractivity contribution in [1.29, 1.82) is 0 Å². The summed E-state index contributed by atoms with van der Waals surface area (Å²) in [5.41, 5.74) is 3.82. The van der Waals surface area contributed by atoms with Gasteiger partial charge >= 0.3 is 0 Å². The van der Waals surface area contributed by atoms with Crippen LogP contribution in [0.5, 0.6) is 5.75 Å². The highest BCUT2D eigenvalue weighted by atomic mass is 16.5. The van der Waals surface area contributed by atoms with Crippen LogP contribution in [-0.2, 0) is 0 Å². The zero-order chi connectivity index (χ0) is 17.9. The Morgan fingerprint density at radius 3 is 2.46 bits per heavy atom. The van der Waals surface area contributed by atoms with Gasteiger partial charge in [0, 0.05) is 17.2 Å². The highest BCUT2D eigenvalue weighted by Crippen LogP contribution is 2.38. The van der Waals surface area contributed by atoms with Crippen LogP contribution in [0.1, 0.15) is 59.6 Å². The molecule has 0 spiro atoms. The summed E-state index contributed by atoms with van der Waals surface area (Å²) in [6, 6.07) is 16.4. The number of hydrogen-bond donors (Lipinski definition) is 1. The lowest BCUT2D eigenvalue weighted by atomic mass is 9.93. The average Bonchev–Trinajstić information content (AvgIpc) is 2.95. The summed E-state index contributed by atoms with van der Waals surface area (Å²) in [4.78, 5) is 13.0. The topological polar surface area (TPSA) is 38.3 Å². The van der Waals surface area contributed by atoms with Gasteiger partial charge in [-0.05, 0) is 42.2 Å². The van der Waals surface area contributed by atoms with Gasteiger partial charge in [-0.15, -0.1) is 0 Å². The lowest BCUT2D eigenvalue weighted by molar-refractivity contribution is 0.103. The molecule has 0 aromatic heterocycles. The smallest absolute Gasteiger partial charge is 0.191 e. The van der Waals surface area contributed by atoms with E-state index in [0.29, 0.717) is 6.04 Å². The number of benzene rings is 2. The van der Waals surface area contributed by atoms with Crippen LogP contribution in [0.3, 0.4) is 0 Å². The molecule has 4 rings (SSSR count). The minimum Gasteiger partial charge on any atom is -0.497 e. The predicted octanol–water partition coefficient (Wildman–Crippen LogP) is 4.94. The molecule has 3 nitrogen and oxygen atoms in total. The maximum atomic E-state index is 13.0. The van der Waals surface area contributed by atoms with E-state index in [2.05, 4.69) is 11.4 Å². The van der Waals surface area contributed by atoms with Crippen LogP contribution < -0.4 is 10.1 Å². The second-order valence-electron chi connectivity index (χ2n) is 7.22. The molecular weight excluding hydrogens is 322 g/mol. The number of carbonyl (C=O) groups excluding carboxylic acids is 1. The van der Waals surface area contributed by atoms with Crippen molar-refractivity contribution >= 4 is 11.9 Å². The van der Waals surface area contributed by atoms with Gasteiger partial charge < -0.3 is 10.1 Å². The molecule has 2 aliphatic carbocycles. The monoisotopic (exact) mass is 347 g/mol. The molecule has 1 atom stereocenters. The maximum Gasteiger partial charge on any atom is 0.191 e. The minimum absolute atomic E-state index is 0.0103. The van der Waals surface area contributed by atoms with Crippen molar-refractivity contribution < 1.29 is 9.53 Å². The molecular formula is C23H25NO2. The van der Waals surface area contributed by atoms with Crippen LogP contribution in [0.25, 0.3) is 6.08 Å². The summed E-state index contributed by atoms with van der Waals surface area (Å²) in [6.07, 6.45) is 8.30. The highest BCUT2D eigenvalue weighted by Gasteiger charge is 2.35. The molecule has 0 bridgehead atoms. The largest absolute Gasteiger partial charge is 0.497 e. The van der Waals surface area contributed by atoms with E-state index in [1.54, 1.807) is 7.11 Å². The number of Topliss-reactive ketones (excluding diaryl/α,β-unsaturated/α-hetero) is 1. The zero-order valence-corrected chi connectivity index (χ0v) is 15.2. The SMILES string of the molecule is COc1ccc(/C=C2/C(=O)c3ccccc3C2NC2CCCCC2)cc1. The molecule has 1 unspecified atom stereocenters. The third-order valence-corrected chi connectivity index (χ3v) is 5.54. The Labute approximate surface area is 155 Å². The Bertz CT molecular complexity index is 816. The molecule has 1 saturated carbocycles. The Hall–Kier alpha value is -2.39. The minimum atomic E-state index is -0.0103. The van der Waals surface area contributed by atoms with Gasteiger partial charge in [0.05, 0.1) is 13.2 Å². The first-order valence-corrected chi connectivity index (χ1v) is 9.51. The molecule has 26 heavy (non-hydrogen) atoms. The number of fused-ring (bicyclic) bond motifs is 1. The molecule has 1 N–H and O–H groups in total. The van der Waals surface area contributed by atoms with Gasteiger partial charge in [-0.2, -0.15) is 0 Å². The van der Waals surface area contributed by atoms with Crippen molar-refractivity contribution in [3.05, 3.63) is 70.8 Å². The Morgan fingerprint density at radius 1 is 1.00 bits per heavy atom. The van der Waals surface area contributed by atoms with E-state index in [1.807, 2.05) is 48.5 Å². The number of rotatable bonds is 4. The number of methoxy groups -OCH3 is 1. The van der Waals surface area contributed by atoms with Crippen molar-refractivity contribution in [1.82, 2.24) is 5.32 Å². The maximum absolute atomic E-state index is 13.0. The summed E-state index contributed by atoms with van der Waals surface area (Å²) in [6.45, 7) is 0. The van der Waals surface area contributed by atoms with E-state index in [1.165, 1.54) is 32.1 Å². The number of hydrogen-bond acceptors (Lipinski definition) is 3. The molecule has 2 aromatic carbocycles. The van der Waals surface area contributed by atoms with E-state index < -0.39 is 0 Å². The standard InChI is InChI=1S/C23H25NO2/c1-26-18-13-11-16(12-14-18)15-21-22(24-17-7-3-2-4-8-17)19-9-5-6-10-20(19)23(21)25/h5-6,9-15,17,22,24H,2-4,7-8H2,1H3/b21-15+. The number of ketones is 1. The van der Waals surface area contributed by atoms with Crippen LogP contribution in [-0.4, -0.2) is 18.9 Å². The molecule has 134 valence electrons. The average molecular weight is 347 g/mol. The van der Waals surface area contributed by atoms with Crippen LogP contribution >= 0.6 is 0 Å². The number of ether oxygens (including phenoxy) is 1. The molecule has 1 fully saturated rings. The van der Waals surface area contributed by atoms with Crippen LogP contribution in [0.2, 0.25) is 0 Å². The van der Waals surface area contributed by atoms with Crippen molar-refractivity contribution in [2.45, 2.75) is 44.2 Å². The Balaban J connectivity index is 1.68. The summed E-state index contributed by atoms with van der Waals surface area (Å²) in [5.74, 6) is 0.967. The van der Waals surface area contributed by atoms with E-state index in [4.69, 9.17) is 4.74 Å². The predicted molar refractivity (Wildman–Crippen MR) is 104 cm³/mol. The van der Waals surface area contributed by atoms with Crippen LogP contribution in [0.15, 0.2) is 54.1 Å². The molecule has 2 aliphatic rings. The quantitative estimate of drug-likeness (QED) is 0.796. The van der Waals surface area contributed by atoms with E-state index >= 15 is 0 Å². The first kappa shape index (κ1) is 17.0. The van der Waals surface area contributed by atoms with Crippen molar-refractivity contribution in [2.75, 3.05) is 7.11 Å². The molecule has 0 heterocycles. The third-order valence-electron chi connectivity index (χ3n) is 5.54. The van der Waals surface area contributed by atoms with E-state index in [0.717, 1.165) is 28.0 Å². The third kappa shape index (κ3) is 3.32. The molecule has 0 radical (unpaired) electrons. The molecule has 0 aliphatic heterocycles. The van der Waals surface area contributed by atoms with Gasteiger partial charge in [-0.1, -0.05) is 55.7 Å². The first-order chi connectivity index (χ1) is 12.8. The van der Waals surface area contributed by atoms with Crippen molar-refractivity contribution in [3.63, 3.8) is 0 Å². The first-order valence-electron chi connectivity index (χ1n) is 9.51. The van der Waals surface area contributed by atoms with Gasteiger partial charge in [0.15, 0.2) is 5.78 Å². The second kappa shape index (κ2) is 7.46. The fourth-order valence-electron chi connectivity index (χ4n) is 4.12. The van der Waals surface area contributed by atoms with Gasteiger partial charge in [0.1, 0.15) is 5.75 Å². The Kier molecular flexibility index (Phi) is 4.89. The number of nitrogens with one attached hydrogen (secondary N) is 1. The van der Waals surface area contributed by atoms with Crippen LogP contribution in [0.4, 0.5) is 0 Å². The summed E-state index contributed by atoms with van der Waals surface area (Å²) in [7, 11) is 1.66. The van der Waals surface area contributed by atoms with Gasteiger partial charge in [-0.3, -0.25) is 4.79 Å². The molecule has 3 heteroatoms. The van der Waals surface area contributed by atoms with Crippen molar-refractivity contribution in [3.8, 4) is 5.75 Å². The van der Waals surface area contributed by atoms with Gasteiger partial charge in [0.2, 0.25) is 0 Å². The number of carbonyl (C=O) groups is 1. The summed E-state index contributed by atoms with van der Waals surface area (Å²) >= 11 is 0. The van der Waals surface area contributed by atoms with Gasteiger partial charge in [-0.25, -0.2) is 0 Å². The lowest BCUT2D eigenvalue weighted by Crippen LogP contribution is -2.34. The fraction of sp³-hybridized carbons (Fsp3) is 0.348. The van der Waals surface area contributed by atoms with E-state index in [9.17, 15) is 4.79 Å². The van der Waals surface area contributed by atoms with Crippen LogP contribution in [0, 0.1) is 0 Å². The van der Waals surface area contributed by atoms with E-state index in [-0.39, 0.29) is 11.8 Å². The summed E-state index contributed by atoms with van der Waals surface area (Å²) in [5, 5.41) is 3.78. The second-order valence-corrected chi connectivity index (χ2v) is 7.22. The van der Waals surface area contributed by atoms with Gasteiger partial charge in [0.25, 0.3) is 0 Å². The fourth-order valence-corrected chi connectivity index (χ4v) is 4.12. The molecule has 0 saturated heterocycles. The highest BCUT2D eigenvalue weighted by molar-refractivity contribution is 6.16. The summed E-state index contributed by atoms with van der Waals surface area (Å²) < 4.78 is 5.23. The Morgan fingerprint density at radius 2 is 1.73 bits per heavy atom.